The van der Waals surface area contributed by atoms with Gasteiger partial charge in [0.15, 0.2) is 0 Å². The van der Waals surface area contributed by atoms with Gasteiger partial charge in [-0.15, -0.1) is 0 Å². The van der Waals surface area contributed by atoms with Crippen molar-refractivity contribution in [3.8, 4) is 11.8 Å². The summed E-state index contributed by atoms with van der Waals surface area (Å²) in [5.41, 5.74) is 0.683. The second-order valence-electron chi connectivity index (χ2n) is 5.42. The third-order valence-corrected chi connectivity index (χ3v) is 4.14. The molecule has 0 atom stereocenters. The smallest absolute Gasteiger partial charge is 0.362 e. The monoisotopic (exact) mass is 368 g/mol. The van der Waals surface area contributed by atoms with Gasteiger partial charge in [0.1, 0.15) is 5.15 Å². The molecule has 0 unspecified atom stereocenters. The number of fused-ring (bicyclic) bond motifs is 1. The number of nitrogens with zero attached hydrogens (tertiary/aromatic N) is 4. The molecule has 0 fully saturated rings. The first-order valence-electron chi connectivity index (χ1n) is 7.73. The molecular formula is C18H13ClN4O3. The summed E-state index contributed by atoms with van der Waals surface area (Å²) >= 11 is 5.97. The van der Waals surface area contributed by atoms with E-state index in [0.29, 0.717) is 21.9 Å². The Bertz CT molecular complexity index is 1130. The van der Waals surface area contributed by atoms with Gasteiger partial charge in [-0.3, -0.25) is 4.79 Å². The molecule has 0 aliphatic carbocycles. The van der Waals surface area contributed by atoms with Crippen molar-refractivity contribution in [2.75, 3.05) is 6.61 Å². The van der Waals surface area contributed by atoms with Crippen molar-refractivity contribution >= 4 is 28.5 Å². The second kappa shape index (κ2) is 6.94. The summed E-state index contributed by atoms with van der Waals surface area (Å²) in [7, 11) is 0. The van der Waals surface area contributed by atoms with Crippen molar-refractivity contribution in [3.63, 3.8) is 0 Å². The normalized spacial score (nSPS) is 10.5. The average Bonchev–Trinajstić information content (AvgIpc) is 2.64. The number of carbonyl (C=O) groups is 1. The molecule has 0 radical (unpaired) electrons. The predicted octanol–water partition coefficient (Wildman–Crippen LogP) is 2.79. The van der Waals surface area contributed by atoms with Crippen LogP contribution in [0.1, 0.15) is 28.5 Å². The molecule has 2 heterocycles. The van der Waals surface area contributed by atoms with E-state index in [1.807, 2.05) is 6.07 Å². The number of ether oxygens (including phenoxy) is 1. The maximum atomic E-state index is 12.8. The van der Waals surface area contributed by atoms with Crippen LogP contribution in [-0.4, -0.2) is 27.3 Å². The highest BCUT2D eigenvalue weighted by Crippen LogP contribution is 2.21. The number of carbonyl (C=O) groups excluding carboxylic acids is 1. The van der Waals surface area contributed by atoms with Gasteiger partial charge in [0.05, 0.1) is 41.0 Å². The van der Waals surface area contributed by atoms with E-state index >= 15 is 0 Å². The number of hydrogen-bond donors (Lipinski definition) is 0. The van der Waals surface area contributed by atoms with Crippen molar-refractivity contribution in [1.82, 2.24) is 14.8 Å². The Morgan fingerprint density at radius 2 is 2.19 bits per heavy atom. The number of halogens is 1. The van der Waals surface area contributed by atoms with E-state index < -0.39 is 17.1 Å². The highest BCUT2D eigenvalue weighted by atomic mass is 35.5. The quantitative estimate of drug-likeness (QED) is 0.520. The number of benzene rings is 1. The maximum absolute atomic E-state index is 12.8. The van der Waals surface area contributed by atoms with Crippen molar-refractivity contribution in [2.24, 2.45) is 0 Å². The molecule has 0 aliphatic heterocycles. The van der Waals surface area contributed by atoms with Crippen LogP contribution in [0.3, 0.4) is 0 Å². The highest BCUT2D eigenvalue weighted by Gasteiger charge is 2.21. The third-order valence-electron chi connectivity index (χ3n) is 3.75. The van der Waals surface area contributed by atoms with Gasteiger partial charge in [-0.2, -0.15) is 10.4 Å². The number of aromatic nitrogens is 3. The molecule has 0 aliphatic rings. The van der Waals surface area contributed by atoms with E-state index in [-0.39, 0.29) is 17.6 Å². The molecule has 0 saturated carbocycles. The Morgan fingerprint density at radius 1 is 1.42 bits per heavy atom. The minimum absolute atomic E-state index is 0.0967. The van der Waals surface area contributed by atoms with Crippen LogP contribution in [0, 0.1) is 18.3 Å². The van der Waals surface area contributed by atoms with E-state index in [1.54, 1.807) is 32.0 Å². The predicted molar refractivity (Wildman–Crippen MR) is 95.6 cm³/mol. The van der Waals surface area contributed by atoms with Gasteiger partial charge in [-0.25, -0.2) is 14.5 Å². The van der Waals surface area contributed by atoms with Crippen molar-refractivity contribution in [1.29, 1.82) is 5.26 Å². The lowest BCUT2D eigenvalue weighted by Gasteiger charge is -2.13. The van der Waals surface area contributed by atoms with Gasteiger partial charge >= 0.3 is 5.97 Å². The van der Waals surface area contributed by atoms with Gasteiger partial charge < -0.3 is 4.74 Å². The molecular weight excluding hydrogens is 356 g/mol. The summed E-state index contributed by atoms with van der Waals surface area (Å²) < 4.78 is 6.32. The first-order chi connectivity index (χ1) is 12.5. The Morgan fingerprint density at radius 3 is 2.85 bits per heavy atom. The van der Waals surface area contributed by atoms with Gasteiger partial charge in [0.2, 0.25) is 11.1 Å². The molecule has 1 aromatic carbocycles. The molecule has 0 N–H and O–H groups in total. The zero-order valence-corrected chi connectivity index (χ0v) is 14.7. The van der Waals surface area contributed by atoms with E-state index in [1.165, 1.54) is 16.9 Å². The van der Waals surface area contributed by atoms with Gasteiger partial charge in [0.25, 0.3) is 0 Å². The zero-order valence-electron chi connectivity index (χ0n) is 14.0. The lowest BCUT2D eigenvalue weighted by Crippen LogP contribution is -2.24. The molecule has 0 bridgehead atoms. The van der Waals surface area contributed by atoms with E-state index in [9.17, 15) is 14.9 Å². The fourth-order valence-corrected chi connectivity index (χ4v) is 2.66. The number of hydrogen-bond acceptors (Lipinski definition) is 6. The Balaban J connectivity index is 2.43. The number of pyridine rings is 1. The molecule has 2 aromatic heterocycles. The summed E-state index contributed by atoms with van der Waals surface area (Å²) in [5.74, 6) is -0.848. The average molecular weight is 369 g/mol. The molecule has 0 spiro atoms. The van der Waals surface area contributed by atoms with Crippen LogP contribution in [0.2, 0.25) is 5.15 Å². The van der Waals surface area contributed by atoms with Crippen molar-refractivity contribution in [2.45, 2.75) is 13.8 Å². The van der Waals surface area contributed by atoms with Crippen LogP contribution in [-0.2, 0) is 4.74 Å². The topological polar surface area (TPSA) is 97.9 Å². The molecule has 8 heteroatoms. The molecule has 3 aromatic rings. The molecule has 3 rings (SSSR count). The van der Waals surface area contributed by atoms with Crippen LogP contribution in [0.15, 0.2) is 35.3 Å². The Labute approximate surface area is 153 Å². The van der Waals surface area contributed by atoms with Crippen LogP contribution < -0.4 is 5.43 Å². The van der Waals surface area contributed by atoms with Crippen LogP contribution in [0.5, 0.6) is 0 Å². The number of esters is 1. The van der Waals surface area contributed by atoms with E-state index in [2.05, 4.69) is 10.1 Å². The molecule has 0 saturated heterocycles. The van der Waals surface area contributed by atoms with Gasteiger partial charge in [0, 0.05) is 0 Å². The van der Waals surface area contributed by atoms with Crippen molar-refractivity contribution in [3.05, 3.63) is 62.7 Å². The van der Waals surface area contributed by atoms with Crippen LogP contribution in [0.4, 0.5) is 0 Å². The van der Waals surface area contributed by atoms with E-state index in [4.69, 9.17) is 16.3 Å². The lowest BCUT2D eigenvalue weighted by atomic mass is 10.1. The fraction of sp³-hybridized carbons (Fsp3) is 0.167. The van der Waals surface area contributed by atoms with Gasteiger partial charge in [-0.1, -0.05) is 17.7 Å². The lowest BCUT2D eigenvalue weighted by molar-refractivity contribution is 0.0516. The minimum atomic E-state index is -0.848. The summed E-state index contributed by atoms with van der Waals surface area (Å²) in [4.78, 5) is 29.0. The molecule has 130 valence electrons. The Kier molecular flexibility index (Phi) is 4.69. The number of rotatable bonds is 3. The highest BCUT2D eigenvalue weighted by molar-refractivity contribution is 6.30. The van der Waals surface area contributed by atoms with Gasteiger partial charge in [-0.05, 0) is 37.6 Å². The Hall–Kier alpha value is -3.24. The first-order valence-corrected chi connectivity index (χ1v) is 8.11. The SMILES string of the molecule is CCOC(=O)c1nn(-c2cnc(Cl)c(C)c2)c2cccc(C#N)c2c1=O. The molecule has 7 nitrogen and oxygen atoms in total. The summed E-state index contributed by atoms with van der Waals surface area (Å²) in [6.07, 6.45) is 1.47. The second-order valence-corrected chi connectivity index (χ2v) is 5.78. The number of aryl methyl sites for hydroxylation is 1. The van der Waals surface area contributed by atoms with Crippen molar-refractivity contribution < 1.29 is 9.53 Å². The summed E-state index contributed by atoms with van der Waals surface area (Å²) in [6.45, 7) is 3.50. The standard InChI is InChI=1S/C18H13ClN4O3/c1-3-26-18(25)15-16(24)14-11(8-20)5-4-6-13(14)23(22-15)12-7-10(2)17(19)21-9-12/h4-7,9H,3H2,1-2H3. The van der Waals surface area contributed by atoms with Crippen LogP contribution >= 0.6 is 11.6 Å². The largest absolute Gasteiger partial charge is 0.461 e. The first kappa shape index (κ1) is 17.6. The summed E-state index contributed by atoms with van der Waals surface area (Å²) in [6, 6.07) is 8.49. The van der Waals surface area contributed by atoms with Crippen LogP contribution in [0.25, 0.3) is 16.6 Å². The maximum Gasteiger partial charge on any atom is 0.362 e. The number of nitriles is 1. The molecule has 0 amide bonds. The van der Waals surface area contributed by atoms with E-state index in [0.717, 1.165) is 0 Å². The zero-order chi connectivity index (χ0) is 18.8. The third kappa shape index (κ3) is 2.91. The fourth-order valence-electron chi connectivity index (χ4n) is 2.56. The summed E-state index contributed by atoms with van der Waals surface area (Å²) in [5, 5.41) is 14.0. The minimum Gasteiger partial charge on any atom is -0.461 e. The molecule has 26 heavy (non-hydrogen) atoms.